The number of rotatable bonds is 4. The van der Waals surface area contributed by atoms with Crippen LogP contribution in [0.3, 0.4) is 0 Å². The second-order valence-electron chi connectivity index (χ2n) is 4.71. The van der Waals surface area contributed by atoms with Gasteiger partial charge >= 0.3 is 0 Å². The molecule has 2 rings (SSSR count). The van der Waals surface area contributed by atoms with Gasteiger partial charge in [0.25, 0.3) is 0 Å². The smallest absolute Gasteiger partial charge is 0.207 e. The number of hydrogen-bond acceptors (Lipinski definition) is 2. The van der Waals surface area contributed by atoms with Gasteiger partial charge in [-0.3, -0.25) is 0 Å². The molecule has 6 heteroatoms. The molecule has 0 bridgehead atoms. The first-order valence-corrected chi connectivity index (χ1v) is 8.51. The lowest BCUT2D eigenvalue weighted by molar-refractivity contribution is 0.398. The fourth-order valence-corrected chi connectivity index (χ4v) is 4.07. The molecule has 0 heterocycles. The van der Waals surface area contributed by atoms with Gasteiger partial charge in [-0.25, -0.2) is 8.42 Å². The van der Waals surface area contributed by atoms with Crippen molar-refractivity contribution in [3.8, 4) is 0 Å². The molecule has 0 saturated heterocycles. The molecule has 0 fully saturated rings. The van der Waals surface area contributed by atoms with Crippen LogP contribution < -0.4 is 0 Å². The summed E-state index contributed by atoms with van der Waals surface area (Å²) in [4.78, 5) is 0.0882. The van der Waals surface area contributed by atoms with Crippen LogP contribution in [0.4, 0.5) is 0 Å². The SMILES string of the molecule is CC(c1ccccc1)N(C)S(=O)(=O)c1cc(Cl)cc(Cl)c1. The standard InChI is InChI=1S/C15H15Cl2NO2S/c1-11(12-6-4-3-5-7-12)18(2)21(19,20)15-9-13(16)8-14(17)10-15/h3-11H,1-2H3. The molecule has 21 heavy (non-hydrogen) atoms. The van der Waals surface area contributed by atoms with Crippen LogP contribution in [0.1, 0.15) is 18.5 Å². The first-order chi connectivity index (χ1) is 9.82. The first kappa shape index (κ1) is 16.3. The molecule has 3 nitrogen and oxygen atoms in total. The number of sulfonamides is 1. The molecule has 2 aromatic carbocycles. The maximum absolute atomic E-state index is 12.7. The number of nitrogens with zero attached hydrogens (tertiary/aromatic N) is 1. The molecule has 1 unspecified atom stereocenters. The lowest BCUT2D eigenvalue weighted by Gasteiger charge is -2.24. The number of benzene rings is 2. The van der Waals surface area contributed by atoms with Crippen molar-refractivity contribution in [1.82, 2.24) is 4.31 Å². The van der Waals surface area contributed by atoms with Crippen LogP contribution in [0.5, 0.6) is 0 Å². The molecule has 0 saturated carbocycles. The minimum atomic E-state index is -3.67. The topological polar surface area (TPSA) is 37.4 Å². The third-order valence-electron chi connectivity index (χ3n) is 3.34. The minimum absolute atomic E-state index is 0.0882. The Morgan fingerprint density at radius 1 is 1.00 bits per heavy atom. The molecule has 0 radical (unpaired) electrons. The van der Waals surface area contributed by atoms with Gasteiger partial charge in [-0.05, 0) is 30.7 Å². The Balaban J connectivity index is 2.39. The Labute approximate surface area is 135 Å². The molecule has 0 N–H and O–H groups in total. The molecule has 112 valence electrons. The zero-order valence-electron chi connectivity index (χ0n) is 11.6. The summed E-state index contributed by atoms with van der Waals surface area (Å²) >= 11 is 11.8. The van der Waals surface area contributed by atoms with E-state index in [1.165, 1.54) is 22.5 Å². The molecule has 0 aromatic heterocycles. The van der Waals surface area contributed by atoms with Gasteiger partial charge in [0, 0.05) is 23.1 Å². The lowest BCUT2D eigenvalue weighted by Crippen LogP contribution is -2.29. The van der Waals surface area contributed by atoms with Crippen molar-refractivity contribution in [3.05, 3.63) is 64.1 Å². The second kappa shape index (κ2) is 6.36. The average Bonchev–Trinajstić information content (AvgIpc) is 2.45. The molecular weight excluding hydrogens is 329 g/mol. The molecule has 0 spiro atoms. The highest BCUT2D eigenvalue weighted by atomic mass is 35.5. The summed E-state index contributed by atoms with van der Waals surface area (Å²) in [7, 11) is -2.12. The Kier molecular flexibility index (Phi) is 4.94. The molecule has 1 atom stereocenters. The number of hydrogen-bond donors (Lipinski definition) is 0. The Bertz CT molecular complexity index is 712. The summed E-state index contributed by atoms with van der Waals surface area (Å²) < 4.78 is 26.6. The summed E-state index contributed by atoms with van der Waals surface area (Å²) in [5.74, 6) is 0. The van der Waals surface area contributed by atoms with Gasteiger partial charge in [-0.2, -0.15) is 4.31 Å². The summed E-state index contributed by atoms with van der Waals surface area (Å²) in [6.45, 7) is 1.83. The molecular formula is C15H15Cl2NO2S. The molecule has 0 aliphatic carbocycles. The highest BCUT2D eigenvalue weighted by Gasteiger charge is 2.26. The molecule has 0 aliphatic rings. The lowest BCUT2D eigenvalue weighted by atomic mass is 10.1. The van der Waals surface area contributed by atoms with Crippen molar-refractivity contribution in [2.24, 2.45) is 0 Å². The van der Waals surface area contributed by atoms with E-state index in [1.807, 2.05) is 37.3 Å². The third kappa shape index (κ3) is 3.58. The van der Waals surface area contributed by atoms with Crippen LogP contribution in [0.25, 0.3) is 0 Å². The van der Waals surface area contributed by atoms with Crippen molar-refractivity contribution in [1.29, 1.82) is 0 Å². The second-order valence-corrected chi connectivity index (χ2v) is 7.58. The van der Waals surface area contributed by atoms with E-state index in [-0.39, 0.29) is 10.9 Å². The van der Waals surface area contributed by atoms with Gasteiger partial charge in [-0.1, -0.05) is 53.5 Å². The van der Waals surface area contributed by atoms with Crippen LogP contribution in [0.2, 0.25) is 10.0 Å². The first-order valence-electron chi connectivity index (χ1n) is 6.31. The van der Waals surface area contributed by atoms with E-state index in [0.29, 0.717) is 10.0 Å². The minimum Gasteiger partial charge on any atom is -0.207 e. The van der Waals surface area contributed by atoms with Crippen LogP contribution in [-0.4, -0.2) is 19.8 Å². The van der Waals surface area contributed by atoms with Crippen molar-refractivity contribution >= 4 is 33.2 Å². The summed E-state index contributed by atoms with van der Waals surface area (Å²) in [6.07, 6.45) is 0. The zero-order chi connectivity index (χ0) is 15.6. The molecule has 2 aromatic rings. The summed E-state index contributed by atoms with van der Waals surface area (Å²) in [5.41, 5.74) is 0.914. The predicted molar refractivity (Wildman–Crippen MR) is 86.3 cm³/mol. The quantitative estimate of drug-likeness (QED) is 0.826. The summed E-state index contributed by atoms with van der Waals surface area (Å²) in [6, 6.07) is 13.4. The molecule has 0 aliphatic heterocycles. The van der Waals surface area contributed by atoms with Crippen LogP contribution in [-0.2, 0) is 10.0 Å². The Morgan fingerprint density at radius 3 is 2.05 bits per heavy atom. The fourth-order valence-electron chi connectivity index (χ4n) is 1.99. The van der Waals surface area contributed by atoms with E-state index < -0.39 is 10.0 Å². The van der Waals surface area contributed by atoms with E-state index in [9.17, 15) is 8.42 Å². The Hall–Kier alpha value is -1.07. The van der Waals surface area contributed by atoms with Crippen molar-refractivity contribution in [2.75, 3.05) is 7.05 Å². The van der Waals surface area contributed by atoms with Crippen molar-refractivity contribution in [2.45, 2.75) is 17.9 Å². The summed E-state index contributed by atoms with van der Waals surface area (Å²) in [5, 5.41) is 0.587. The normalized spacial score (nSPS) is 13.4. The monoisotopic (exact) mass is 343 g/mol. The maximum atomic E-state index is 12.7. The van der Waals surface area contributed by atoms with Crippen LogP contribution in [0.15, 0.2) is 53.4 Å². The Morgan fingerprint density at radius 2 is 1.52 bits per heavy atom. The van der Waals surface area contributed by atoms with Gasteiger partial charge in [0.1, 0.15) is 0 Å². The zero-order valence-corrected chi connectivity index (χ0v) is 14.0. The van der Waals surface area contributed by atoms with E-state index >= 15 is 0 Å². The van der Waals surface area contributed by atoms with Crippen LogP contribution in [0, 0.1) is 0 Å². The molecule has 0 amide bonds. The van der Waals surface area contributed by atoms with Gasteiger partial charge in [0.05, 0.1) is 4.90 Å². The predicted octanol–water partition coefficient (Wildman–Crippen LogP) is 4.38. The largest absolute Gasteiger partial charge is 0.243 e. The van der Waals surface area contributed by atoms with Gasteiger partial charge in [-0.15, -0.1) is 0 Å². The average molecular weight is 344 g/mol. The highest BCUT2D eigenvalue weighted by Crippen LogP contribution is 2.29. The fraction of sp³-hybridized carbons (Fsp3) is 0.200. The third-order valence-corrected chi connectivity index (χ3v) is 5.68. The van der Waals surface area contributed by atoms with Crippen LogP contribution >= 0.6 is 23.2 Å². The highest BCUT2D eigenvalue weighted by molar-refractivity contribution is 7.89. The van der Waals surface area contributed by atoms with Gasteiger partial charge in [0.2, 0.25) is 10.0 Å². The van der Waals surface area contributed by atoms with Crippen molar-refractivity contribution in [3.63, 3.8) is 0 Å². The van der Waals surface area contributed by atoms with E-state index in [2.05, 4.69) is 0 Å². The van der Waals surface area contributed by atoms with E-state index in [0.717, 1.165) is 5.56 Å². The van der Waals surface area contributed by atoms with Gasteiger partial charge in [0.15, 0.2) is 0 Å². The van der Waals surface area contributed by atoms with Crippen molar-refractivity contribution < 1.29 is 8.42 Å². The maximum Gasteiger partial charge on any atom is 0.243 e. The van der Waals surface area contributed by atoms with E-state index in [1.54, 1.807) is 7.05 Å². The van der Waals surface area contributed by atoms with Gasteiger partial charge < -0.3 is 0 Å². The number of halogens is 2. The van der Waals surface area contributed by atoms with E-state index in [4.69, 9.17) is 23.2 Å².